The molecular weight excluding hydrogens is 461 g/mol. The summed E-state index contributed by atoms with van der Waals surface area (Å²) in [7, 11) is -3.76. The number of hydrogen-bond acceptors (Lipinski definition) is 4. The zero-order valence-electron chi connectivity index (χ0n) is 22.4. The maximum absolute atomic E-state index is 13.9. The number of rotatable bonds is 7. The second-order valence-corrected chi connectivity index (χ2v) is 14.1. The fraction of sp³-hybridized carbons (Fsp3) is 0.741. The van der Waals surface area contributed by atoms with Gasteiger partial charge in [0.05, 0.1) is 12.2 Å². The van der Waals surface area contributed by atoms with Crippen LogP contribution in [0.4, 0.5) is 10.5 Å². The van der Waals surface area contributed by atoms with Crippen LogP contribution < -0.4 is 15.9 Å². The van der Waals surface area contributed by atoms with Crippen molar-refractivity contribution in [1.82, 2.24) is 10.6 Å². The molecule has 2 saturated carbocycles. The third-order valence-electron chi connectivity index (χ3n) is 7.71. The third-order valence-corrected chi connectivity index (χ3v) is 9.25. The Hall–Kier alpha value is -1.40. The molecule has 2 aliphatic carbocycles. The van der Waals surface area contributed by atoms with E-state index in [2.05, 4.69) is 57.5 Å². The molecule has 0 spiro atoms. The fourth-order valence-corrected chi connectivity index (χ4v) is 6.94. The molecule has 1 aromatic rings. The predicted octanol–water partition coefficient (Wildman–Crippen LogP) is 7.66. The highest BCUT2D eigenvalue weighted by atomic mass is 31.2. The molecule has 7 nitrogen and oxygen atoms in total. The van der Waals surface area contributed by atoms with Gasteiger partial charge < -0.3 is 5.32 Å². The van der Waals surface area contributed by atoms with Crippen LogP contribution >= 0.6 is 7.75 Å². The highest BCUT2D eigenvalue weighted by Crippen LogP contribution is 2.51. The topological polar surface area (TPSA) is 88.7 Å². The van der Waals surface area contributed by atoms with Crippen LogP contribution in [0.25, 0.3) is 0 Å². The molecule has 2 fully saturated rings. The number of hydrazine groups is 1. The fourth-order valence-electron chi connectivity index (χ4n) is 5.34. The second-order valence-electron chi connectivity index (χ2n) is 12.4. The third kappa shape index (κ3) is 8.89. The number of para-hydroxylation sites is 1. The Labute approximate surface area is 212 Å². The van der Waals surface area contributed by atoms with Crippen molar-refractivity contribution in [2.75, 3.05) is 5.32 Å². The number of urea groups is 1. The lowest BCUT2D eigenvalue weighted by molar-refractivity contribution is 0.0373. The maximum atomic E-state index is 13.9. The molecule has 0 aliphatic heterocycles. The average molecular weight is 508 g/mol. The van der Waals surface area contributed by atoms with Crippen LogP contribution in [0.2, 0.25) is 0 Å². The van der Waals surface area contributed by atoms with Crippen molar-refractivity contribution < 1.29 is 18.4 Å². The Kier molecular flexibility index (Phi) is 9.47. The Morgan fingerprint density at radius 3 is 1.60 bits per heavy atom. The number of benzene rings is 1. The first-order valence-electron chi connectivity index (χ1n) is 13.2. The van der Waals surface area contributed by atoms with E-state index in [4.69, 9.17) is 9.05 Å². The molecule has 3 N–H and O–H groups in total. The average Bonchev–Trinajstić information content (AvgIpc) is 2.78. The molecule has 0 heterocycles. The van der Waals surface area contributed by atoms with Gasteiger partial charge >= 0.3 is 13.8 Å². The van der Waals surface area contributed by atoms with Gasteiger partial charge in [-0.1, -0.05) is 59.7 Å². The standard InChI is InChI=1S/C27H46N3O4P/c1-26(2,3)20-12-16-23(17-13-20)33-35(32,30-29-25(31)28-22-10-8-7-9-11-22)34-24-18-14-21(15-19-24)27(4,5)6/h7-11,20-21,23-24H,12-19H2,1-6H3,(H,30,32)(H2,28,29,31). The lowest BCUT2D eigenvalue weighted by Crippen LogP contribution is -2.41. The summed E-state index contributed by atoms with van der Waals surface area (Å²) < 4.78 is 26.1. The molecule has 2 aliphatic rings. The predicted molar refractivity (Wildman–Crippen MR) is 142 cm³/mol. The van der Waals surface area contributed by atoms with Crippen LogP contribution in [0.5, 0.6) is 0 Å². The van der Waals surface area contributed by atoms with Crippen LogP contribution in [0.3, 0.4) is 0 Å². The Morgan fingerprint density at radius 2 is 1.20 bits per heavy atom. The van der Waals surface area contributed by atoms with E-state index in [0.29, 0.717) is 17.5 Å². The lowest BCUT2D eigenvalue weighted by Gasteiger charge is -2.39. The van der Waals surface area contributed by atoms with E-state index >= 15 is 0 Å². The van der Waals surface area contributed by atoms with Crippen LogP contribution in [-0.2, 0) is 13.6 Å². The summed E-state index contributed by atoms with van der Waals surface area (Å²) in [5.41, 5.74) is 3.66. The van der Waals surface area contributed by atoms with Gasteiger partial charge in [-0.2, -0.15) is 0 Å². The molecule has 0 aromatic heterocycles. The van der Waals surface area contributed by atoms with Crippen LogP contribution in [0.15, 0.2) is 30.3 Å². The highest BCUT2D eigenvalue weighted by molar-refractivity contribution is 7.51. The largest absolute Gasteiger partial charge is 0.423 e. The van der Waals surface area contributed by atoms with Crippen molar-refractivity contribution in [3.8, 4) is 0 Å². The summed E-state index contributed by atoms with van der Waals surface area (Å²) >= 11 is 0. The summed E-state index contributed by atoms with van der Waals surface area (Å²) in [6, 6.07) is 8.60. The normalized spacial score (nSPS) is 27.6. The Morgan fingerprint density at radius 1 is 0.771 bits per heavy atom. The molecule has 2 amide bonds. The zero-order chi connectivity index (χ0) is 25.7. The minimum absolute atomic E-state index is 0.156. The van der Waals surface area contributed by atoms with Gasteiger partial charge in [0.15, 0.2) is 0 Å². The number of carbonyl (C=O) groups is 1. The van der Waals surface area contributed by atoms with Crippen molar-refractivity contribution in [3.63, 3.8) is 0 Å². The first-order chi connectivity index (χ1) is 16.3. The molecular formula is C27H46N3O4P. The summed E-state index contributed by atoms with van der Waals surface area (Å²) in [5, 5.41) is 5.36. The van der Waals surface area contributed by atoms with Crippen molar-refractivity contribution >= 4 is 19.5 Å². The molecule has 3 rings (SSSR count). The second kappa shape index (κ2) is 11.8. The summed E-state index contributed by atoms with van der Waals surface area (Å²) in [6.07, 6.45) is 7.18. The van der Waals surface area contributed by atoms with Crippen molar-refractivity contribution in [2.45, 2.75) is 105 Å². The molecule has 198 valence electrons. The van der Waals surface area contributed by atoms with Crippen LogP contribution in [-0.4, -0.2) is 18.2 Å². The van der Waals surface area contributed by atoms with Gasteiger partial charge in [-0.05, 0) is 86.2 Å². The van der Waals surface area contributed by atoms with Crippen LogP contribution in [0, 0.1) is 22.7 Å². The number of nitrogens with one attached hydrogen (secondary N) is 3. The molecule has 0 saturated heterocycles. The number of carbonyl (C=O) groups excluding carboxylic acids is 1. The quantitative estimate of drug-likeness (QED) is 0.260. The summed E-state index contributed by atoms with van der Waals surface area (Å²) in [5.74, 6) is 1.25. The molecule has 0 radical (unpaired) electrons. The van der Waals surface area contributed by atoms with Gasteiger partial charge in [-0.15, -0.1) is 5.20 Å². The van der Waals surface area contributed by atoms with E-state index in [1.54, 1.807) is 12.1 Å². The summed E-state index contributed by atoms with van der Waals surface area (Å²) in [6.45, 7) is 13.7. The van der Waals surface area contributed by atoms with Crippen LogP contribution in [0.1, 0.15) is 92.9 Å². The van der Waals surface area contributed by atoms with E-state index in [-0.39, 0.29) is 23.0 Å². The molecule has 8 heteroatoms. The highest BCUT2D eigenvalue weighted by Gasteiger charge is 2.38. The molecule has 35 heavy (non-hydrogen) atoms. The summed E-state index contributed by atoms with van der Waals surface area (Å²) in [4.78, 5) is 12.4. The smallest absolute Gasteiger partial charge is 0.307 e. The minimum Gasteiger partial charge on any atom is -0.307 e. The van der Waals surface area contributed by atoms with Gasteiger partial charge in [0.1, 0.15) is 0 Å². The molecule has 0 atom stereocenters. The first-order valence-corrected chi connectivity index (χ1v) is 14.7. The van der Waals surface area contributed by atoms with Gasteiger partial charge in [0.2, 0.25) is 0 Å². The minimum atomic E-state index is -3.76. The monoisotopic (exact) mass is 507 g/mol. The van der Waals surface area contributed by atoms with Gasteiger partial charge in [-0.25, -0.2) is 9.36 Å². The van der Waals surface area contributed by atoms with Gasteiger partial charge in [-0.3, -0.25) is 14.5 Å². The maximum Gasteiger partial charge on any atom is 0.423 e. The number of amides is 2. The Bertz CT molecular complexity index is 809. The van der Waals surface area contributed by atoms with Gasteiger partial charge in [0.25, 0.3) is 0 Å². The number of hydrogen-bond donors (Lipinski definition) is 3. The molecule has 0 unspecified atom stereocenters. The van der Waals surface area contributed by atoms with E-state index in [1.807, 2.05) is 18.2 Å². The van der Waals surface area contributed by atoms with E-state index in [1.165, 1.54) is 0 Å². The SMILES string of the molecule is CC(C)(C)C1CCC(OP(=O)(NNC(=O)Nc2ccccc2)OC2CCC(C(C)(C)C)CC2)CC1. The van der Waals surface area contributed by atoms with Gasteiger partial charge in [0, 0.05) is 5.69 Å². The zero-order valence-corrected chi connectivity index (χ0v) is 23.3. The molecule has 1 aromatic carbocycles. The Balaban J connectivity index is 1.61. The van der Waals surface area contributed by atoms with E-state index in [0.717, 1.165) is 51.4 Å². The van der Waals surface area contributed by atoms with Crippen molar-refractivity contribution in [1.29, 1.82) is 0 Å². The van der Waals surface area contributed by atoms with Crippen molar-refractivity contribution in [2.24, 2.45) is 22.7 Å². The first kappa shape index (κ1) is 28.2. The van der Waals surface area contributed by atoms with E-state index < -0.39 is 13.8 Å². The van der Waals surface area contributed by atoms with Crippen molar-refractivity contribution in [3.05, 3.63) is 30.3 Å². The lowest BCUT2D eigenvalue weighted by atomic mass is 9.72. The molecule has 0 bridgehead atoms. The number of anilines is 1. The van der Waals surface area contributed by atoms with E-state index in [9.17, 15) is 9.36 Å².